The van der Waals surface area contributed by atoms with E-state index in [1.165, 1.54) is 5.56 Å². The Morgan fingerprint density at radius 3 is 2.43 bits per heavy atom. The fourth-order valence-corrected chi connectivity index (χ4v) is 2.71. The number of carbonyl (C=O) groups excluding carboxylic acids is 1. The van der Waals surface area contributed by atoms with Crippen LogP contribution in [0, 0.1) is 0 Å². The number of amides is 1. The molecule has 1 N–H and O–H groups in total. The van der Waals surface area contributed by atoms with Gasteiger partial charge in [-0.3, -0.25) is 4.79 Å². The predicted molar refractivity (Wildman–Crippen MR) is 92.4 cm³/mol. The van der Waals surface area contributed by atoms with E-state index in [1.807, 2.05) is 36.4 Å². The molecular weight excluding hydrogens is 286 g/mol. The molecule has 2 aromatic rings. The summed E-state index contributed by atoms with van der Waals surface area (Å²) in [4.78, 5) is 12.0. The van der Waals surface area contributed by atoms with Crippen LogP contribution in [0.1, 0.15) is 24.0 Å². The molecule has 2 aromatic carbocycles. The van der Waals surface area contributed by atoms with Crippen LogP contribution in [0.4, 0.5) is 0 Å². The molecule has 1 saturated carbocycles. The molecule has 0 radical (unpaired) electrons. The molecule has 3 nitrogen and oxygen atoms in total. The number of ether oxygens (including phenoxy) is 1. The third kappa shape index (κ3) is 3.81. The summed E-state index contributed by atoms with van der Waals surface area (Å²) in [5.74, 6) is 0.758. The topological polar surface area (TPSA) is 38.3 Å². The van der Waals surface area contributed by atoms with Crippen LogP contribution in [-0.4, -0.2) is 19.6 Å². The van der Waals surface area contributed by atoms with E-state index in [-0.39, 0.29) is 11.3 Å². The minimum atomic E-state index is -0.0528. The zero-order valence-corrected chi connectivity index (χ0v) is 13.3. The van der Waals surface area contributed by atoms with Crippen LogP contribution in [0.5, 0.6) is 5.75 Å². The smallest absolute Gasteiger partial charge is 0.244 e. The maximum atomic E-state index is 12.0. The highest BCUT2D eigenvalue weighted by Crippen LogP contribution is 2.47. The van der Waals surface area contributed by atoms with Crippen LogP contribution < -0.4 is 10.1 Å². The molecule has 0 atom stereocenters. The van der Waals surface area contributed by atoms with Crippen LogP contribution in [0.25, 0.3) is 6.08 Å². The van der Waals surface area contributed by atoms with Gasteiger partial charge in [-0.15, -0.1) is 0 Å². The minimum absolute atomic E-state index is 0.0528. The first-order valence-electron chi connectivity index (χ1n) is 7.87. The first-order chi connectivity index (χ1) is 11.2. The zero-order valence-electron chi connectivity index (χ0n) is 13.3. The van der Waals surface area contributed by atoms with Crippen molar-refractivity contribution in [3.63, 3.8) is 0 Å². The lowest BCUT2D eigenvalue weighted by molar-refractivity contribution is -0.116. The Bertz CT molecular complexity index is 685. The van der Waals surface area contributed by atoms with Gasteiger partial charge >= 0.3 is 0 Å². The maximum Gasteiger partial charge on any atom is 0.244 e. The van der Waals surface area contributed by atoms with Crippen LogP contribution in [0.2, 0.25) is 0 Å². The number of methoxy groups -OCH3 is 1. The van der Waals surface area contributed by atoms with E-state index >= 15 is 0 Å². The summed E-state index contributed by atoms with van der Waals surface area (Å²) >= 11 is 0. The number of rotatable bonds is 6. The summed E-state index contributed by atoms with van der Waals surface area (Å²) in [6.45, 7) is 0.697. The van der Waals surface area contributed by atoms with Crippen molar-refractivity contribution in [2.75, 3.05) is 13.7 Å². The lowest BCUT2D eigenvalue weighted by atomic mass is 9.96. The molecule has 0 spiro atoms. The summed E-state index contributed by atoms with van der Waals surface area (Å²) in [6.07, 6.45) is 5.68. The van der Waals surface area contributed by atoms with Crippen molar-refractivity contribution in [2.45, 2.75) is 18.3 Å². The van der Waals surface area contributed by atoms with Gasteiger partial charge < -0.3 is 10.1 Å². The van der Waals surface area contributed by atoms with Gasteiger partial charge in [-0.2, -0.15) is 0 Å². The van der Waals surface area contributed by atoms with Gasteiger partial charge in [-0.25, -0.2) is 0 Å². The van der Waals surface area contributed by atoms with Crippen LogP contribution in [0.15, 0.2) is 60.7 Å². The average molecular weight is 307 g/mol. The Hall–Kier alpha value is -2.55. The van der Waals surface area contributed by atoms with Gasteiger partial charge in [0, 0.05) is 18.0 Å². The number of hydrogen-bond donors (Lipinski definition) is 1. The largest absolute Gasteiger partial charge is 0.497 e. The summed E-state index contributed by atoms with van der Waals surface area (Å²) in [5.41, 5.74) is 2.44. The van der Waals surface area contributed by atoms with Gasteiger partial charge in [0.05, 0.1) is 7.11 Å². The van der Waals surface area contributed by atoms with Crippen LogP contribution in [-0.2, 0) is 10.2 Å². The second-order valence-corrected chi connectivity index (χ2v) is 5.97. The van der Waals surface area contributed by atoms with E-state index in [4.69, 9.17) is 4.74 Å². The molecule has 0 bridgehead atoms. The number of benzene rings is 2. The molecular formula is C20H21NO2. The first kappa shape index (κ1) is 15.3. The molecule has 0 unspecified atom stereocenters. The lowest BCUT2D eigenvalue weighted by Gasteiger charge is -2.15. The Morgan fingerprint density at radius 2 is 1.83 bits per heavy atom. The Kier molecular flexibility index (Phi) is 4.47. The van der Waals surface area contributed by atoms with Gasteiger partial charge in [0.1, 0.15) is 5.75 Å². The highest BCUT2D eigenvalue weighted by molar-refractivity contribution is 5.91. The first-order valence-corrected chi connectivity index (χ1v) is 7.87. The quantitative estimate of drug-likeness (QED) is 0.829. The third-order valence-corrected chi connectivity index (χ3v) is 4.38. The summed E-state index contributed by atoms with van der Waals surface area (Å²) in [5, 5.41) is 3.03. The molecule has 1 aliphatic carbocycles. The Balaban J connectivity index is 1.54. The van der Waals surface area contributed by atoms with Gasteiger partial charge in [-0.1, -0.05) is 42.5 Å². The highest BCUT2D eigenvalue weighted by Gasteiger charge is 2.43. The molecule has 1 amide bonds. The molecule has 118 valence electrons. The van der Waals surface area contributed by atoms with Crippen LogP contribution >= 0.6 is 0 Å². The standard InChI is InChI=1S/C20H21NO2/c1-23-18-10-7-16(8-11-18)9-12-19(22)21-15-20(13-14-20)17-5-3-2-4-6-17/h2-12H,13-15H2,1H3,(H,21,22)/b12-9+. The molecule has 0 heterocycles. The van der Waals surface area contributed by atoms with E-state index in [0.717, 1.165) is 24.2 Å². The number of nitrogens with one attached hydrogen (secondary N) is 1. The predicted octanol–water partition coefficient (Wildman–Crippen LogP) is 3.56. The van der Waals surface area contributed by atoms with Crippen molar-refractivity contribution in [3.8, 4) is 5.75 Å². The average Bonchev–Trinajstić information content (AvgIpc) is 3.41. The Labute approximate surface area is 137 Å². The van der Waals surface area contributed by atoms with Crippen molar-refractivity contribution in [1.82, 2.24) is 5.32 Å². The highest BCUT2D eigenvalue weighted by atomic mass is 16.5. The Morgan fingerprint density at radius 1 is 1.13 bits per heavy atom. The molecule has 23 heavy (non-hydrogen) atoms. The molecule has 3 heteroatoms. The monoisotopic (exact) mass is 307 g/mol. The summed E-state index contributed by atoms with van der Waals surface area (Å²) in [6, 6.07) is 18.0. The van der Waals surface area contributed by atoms with Crippen LogP contribution in [0.3, 0.4) is 0 Å². The number of carbonyl (C=O) groups is 1. The fourth-order valence-electron chi connectivity index (χ4n) is 2.71. The molecule has 0 saturated heterocycles. The van der Waals surface area contributed by atoms with E-state index in [2.05, 4.69) is 29.6 Å². The normalized spacial score (nSPS) is 15.3. The second-order valence-electron chi connectivity index (χ2n) is 5.97. The van der Waals surface area contributed by atoms with Gasteiger partial charge in [0.25, 0.3) is 0 Å². The lowest BCUT2D eigenvalue weighted by Crippen LogP contribution is -2.30. The maximum absolute atomic E-state index is 12.0. The van der Waals surface area contributed by atoms with Gasteiger partial charge in [0.2, 0.25) is 5.91 Å². The van der Waals surface area contributed by atoms with Crippen molar-refractivity contribution in [1.29, 1.82) is 0 Å². The van der Waals surface area contributed by atoms with Crippen molar-refractivity contribution < 1.29 is 9.53 Å². The molecule has 0 aromatic heterocycles. The second kappa shape index (κ2) is 6.69. The summed E-state index contributed by atoms with van der Waals surface area (Å²) < 4.78 is 5.12. The zero-order chi connectivity index (χ0) is 16.1. The number of hydrogen-bond acceptors (Lipinski definition) is 2. The van der Waals surface area contributed by atoms with E-state index in [9.17, 15) is 4.79 Å². The van der Waals surface area contributed by atoms with Crippen molar-refractivity contribution in [3.05, 3.63) is 71.8 Å². The molecule has 1 aliphatic rings. The third-order valence-electron chi connectivity index (χ3n) is 4.38. The minimum Gasteiger partial charge on any atom is -0.497 e. The fraction of sp³-hybridized carbons (Fsp3) is 0.250. The van der Waals surface area contributed by atoms with Gasteiger partial charge in [-0.05, 0) is 42.2 Å². The van der Waals surface area contributed by atoms with E-state index in [1.54, 1.807) is 13.2 Å². The molecule has 1 fully saturated rings. The van der Waals surface area contributed by atoms with Gasteiger partial charge in [0.15, 0.2) is 0 Å². The van der Waals surface area contributed by atoms with E-state index < -0.39 is 0 Å². The van der Waals surface area contributed by atoms with E-state index in [0.29, 0.717) is 6.54 Å². The molecule has 0 aliphatic heterocycles. The van der Waals surface area contributed by atoms with Crippen molar-refractivity contribution >= 4 is 12.0 Å². The SMILES string of the molecule is COc1ccc(/C=C/C(=O)NCC2(c3ccccc3)CC2)cc1. The molecule has 3 rings (SSSR count). The summed E-state index contributed by atoms with van der Waals surface area (Å²) in [7, 11) is 1.64. The van der Waals surface area contributed by atoms with Crippen molar-refractivity contribution in [2.24, 2.45) is 0 Å².